The van der Waals surface area contributed by atoms with E-state index in [4.69, 9.17) is 18.0 Å². The number of unbranched alkanes of at least 4 members (excludes halogenated alkanes) is 1. The molecule has 0 aliphatic carbocycles. The van der Waals surface area contributed by atoms with Crippen LogP contribution >= 0.6 is 0 Å². The fraction of sp³-hybridized carbons (Fsp3) is 0.727. The van der Waals surface area contributed by atoms with Crippen LogP contribution in [0.3, 0.4) is 0 Å². The van der Waals surface area contributed by atoms with Gasteiger partial charge in [0.1, 0.15) is 0 Å². The Balaban J connectivity index is 4.10. The molecule has 0 aliphatic heterocycles. The SMILES string of the molecule is C=CC(=O)OCC[Si](OC)(OC)OCCCC. The Bertz CT molecular complexity index is 228. The summed E-state index contributed by atoms with van der Waals surface area (Å²) in [5.74, 6) is -0.450. The minimum Gasteiger partial charge on any atom is -0.463 e. The van der Waals surface area contributed by atoms with E-state index >= 15 is 0 Å². The molecule has 0 atom stereocenters. The predicted molar refractivity (Wildman–Crippen MR) is 66.6 cm³/mol. The molecule has 0 N–H and O–H groups in total. The number of carbonyl (C=O) groups excluding carboxylic acids is 1. The third-order valence-electron chi connectivity index (χ3n) is 2.26. The standard InChI is InChI=1S/C11H22O5Si/c1-5-7-8-16-17(13-3,14-4)10-9-15-11(12)6-2/h6H,2,5,7-10H2,1,3-4H3. The Hall–Kier alpha value is -0.693. The number of hydrogen-bond acceptors (Lipinski definition) is 5. The van der Waals surface area contributed by atoms with E-state index in [-0.39, 0.29) is 6.61 Å². The molecule has 0 saturated heterocycles. The molecule has 0 spiro atoms. The van der Waals surface area contributed by atoms with Crippen molar-refractivity contribution in [3.63, 3.8) is 0 Å². The van der Waals surface area contributed by atoms with Gasteiger partial charge in [-0.25, -0.2) is 4.79 Å². The number of carbonyl (C=O) groups is 1. The van der Waals surface area contributed by atoms with Gasteiger partial charge in [-0.05, 0) is 6.42 Å². The zero-order valence-corrected chi connectivity index (χ0v) is 11.9. The van der Waals surface area contributed by atoms with Gasteiger partial charge in [0.25, 0.3) is 0 Å². The lowest BCUT2D eigenvalue weighted by molar-refractivity contribution is -0.137. The molecular weight excluding hydrogens is 240 g/mol. The fourth-order valence-electron chi connectivity index (χ4n) is 1.19. The van der Waals surface area contributed by atoms with E-state index in [0.717, 1.165) is 18.9 Å². The number of esters is 1. The molecule has 0 aliphatic rings. The number of hydrogen-bond donors (Lipinski definition) is 0. The predicted octanol–water partition coefficient (Wildman–Crippen LogP) is 1.76. The quantitative estimate of drug-likeness (QED) is 0.260. The average molecular weight is 262 g/mol. The van der Waals surface area contributed by atoms with E-state index < -0.39 is 14.8 Å². The van der Waals surface area contributed by atoms with Gasteiger partial charge in [0.15, 0.2) is 0 Å². The monoisotopic (exact) mass is 262 g/mol. The fourth-order valence-corrected chi connectivity index (χ4v) is 2.95. The van der Waals surface area contributed by atoms with Crippen molar-refractivity contribution >= 4 is 14.8 Å². The summed E-state index contributed by atoms with van der Waals surface area (Å²) in [7, 11) is 0.433. The Morgan fingerprint density at radius 3 is 2.41 bits per heavy atom. The van der Waals surface area contributed by atoms with Gasteiger partial charge in [0.05, 0.1) is 12.7 Å². The minimum absolute atomic E-state index is 0.213. The first-order valence-corrected chi connectivity index (χ1v) is 7.60. The summed E-state index contributed by atoms with van der Waals surface area (Å²) >= 11 is 0. The van der Waals surface area contributed by atoms with Crippen LogP contribution in [0.4, 0.5) is 0 Å². The summed E-state index contributed by atoms with van der Waals surface area (Å²) in [4.78, 5) is 10.9. The molecule has 0 aromatic rings. The van der Waals surface area contributed by atoms with Gasteiger partial charge >= 0.3 is 14.8 Å². The van der Waals surface area contributed by atoms with Crippen molar-refractivity contribution < 1.29 is 22.8 Å². The van der Waals surface area contributed by atoms with Crippen LogP contribution in [-0.4, -0.2) is 42.2 Å². The first-order chi connectivity index (χ1) is 8.14. The van der Waals surface area contributed by atoms with Crippen molar-refractivity contribution in [2.75, 3.05) is 27.4 Å². The molecule has 0 aromatic carbocycles. The summed E-state index contributed by atoms with van der Waals surface area (Å²) < 4.78 is 21.2. The lowest BCUT2D eigenvalue weighted by atomic mass is 10.4. The Labute approximate surface area is 104 Å². The molecule has 0 bridgehead atoms. The second-order valence-corrected chi connectivity index (χ2v) is 6.39. The number of rotatable bonds is 10. The molecule has 0 unspecified atom stereocenters. The largest absolute Gasteiger partial charge is 0.503 e. The average Bonchev–Trinajstić information content (AvgIpc) is 2.37. The third-order valence-corrected chi connectivity index (χ3v) is 4.97. The van der Waals surface area contributed by atoms with Crippen LogP contribution in [0.1, 0.15) is 19.8 Å². The summed E-state index contributed by atoms with van der Waals surface area (Å²) in [6, 6.07) is 0.448. The molecule has 17 heavy (non-hydrogen) atoms. The Kier molecular flexibility index (Phi) is 8.97. The topological polar surface area (TPSA) is 54.0 Å². The zero-order valence-electron chi connectivity index (χ0n) is 10.9. The second-order valence-electron chi connectivity index (χ2n) is 3.41. The van der Waals surface area contributed by atoms with Crippen LogP contribution in [0, 0.1) is 0 Å². The van der Waals surface area contributed by atoms with Crippen molar-refractivity contribution in [1.29, 1.82) is 0 Å². The van der Waals surface area contributed by atoms with E-state index in [2.05, 4.69) is 13.5 Å². The van der Waals surface area contributed by atoms with Crippen molar-refractivity contribution in [2.24, 2.45) is 0 Å². The molecule has 0 rings (SSSR count). The van der Waals surface area contributed by atoms with E-state index in [1.165, 1.54) is 0 Å². The lowest BCUT2D eigenvalue weighted by Crippen LogP contribution is -2.45. The summed E-state index contributed by atoms with van der Waals surface area (Å²) in [5.41, 5.74) is 0. The molecule has 0 aromatic heterocycles. The lowest BCUT2D eigenvalue weighted by Gasteiger charge is -2.26. The molecule has 6 heteroatoms. The molecule has 0 fully saturated rings. The third kappa shape index (κ3) is 6.57. The highest BCUT2D eigenvalue weighted by atomic mass is 28.4. The van der Waals surface area contributed by atoms with E-state index in [1.807, 2.05) is 0 Å². The molecular formula is C11H22O5Si. The maximum absolute atomic E-state index is 10.9. The maximum atomic E-state index is 10.9. The van der Waals surface area contributed by atoms with Crippen LogP contribution in [0.15, 0.2) is 12.7 Å². The van der Waals surface area contributed by atoms with Gasteiger partial charge in [0, 0.05) is 26.9 Å². The van der Waals surface area contributed by atoms with Crippen LogP contribution in [-0.2, 0) is 22.8 Å². The first kappa shape index (κ1) is 16.3. The Morgan fingerprint density at radius 2 is 1.94 bits per heavy atom. The number of ether oxygens (including phenoxy) is 1. The van der Waals surface area contributed by atoms with Crippen LogP contribution < -0.4 is 0 Å². The maximum Gasteiger partial charge on any atom is 0.503 e. The molecule has 0 saturated carbocycles. The van der Waals surface area contributed by atoms with Gasteiger partial charge in [-0.3, -0.25) is 0 Å². The summed E-state index contributed by atoms with van der Waals surface area (Å²) in [5, 5.41) is 0. The van der Waals surface area contributed by atoms with Gasteiger partial charge in [-0.15, -0.1) is 0 Å². The highest BCUT2D eigenvalue weighted by Gasteiger charge is 2.38. The van der Waals surface area contributed by atoms with E-state index in [0.29, 0.717) is 12.7 Å². The molecule has 0 amide bonds. The van der Waals surface area contributed by atoms with Gasteiger partial charge in [-0.1, -0.05) is 19.9 Å². The van der Waals surface area contributed by atoms with Gasteiger partial charge < -0.3 is 18.0 Å². The van der Waals surface area contributed by atoms with Crippen molar-refractivity contribution in [3.05, 3.63) is 12.7 Å². The van der Waals surface area contributed by atoms with Crippen molar-refractivity contribution in [1.82, 2.24) is 0 Å². The molecule has 5 nitrogen and oxygen atoms in total. The normalized spacial score (nSPS) is 11.2. The van der Waals surface area contributed by atoms with Crippen LogP contribution in [0.25, 0.3) is 0 Å². The smallest absolute Gasteiger partial charge is 0.463 e. The first-order valence-electron chi connectivity index (χ1n) is 5.67. The van der Waals surface area contributed by atoms with Crippen molar-refractivity contribution in [3.8, 4) is 0 Å². The van der Waals surface area contributed by atoms with E-state index in [1.54, 1.807) is 14.2 Å². The summed E-state index contributed by atoms with van der Waals surface area (Å²) in [6.07, 6.45) is 3.12. The summed E-state index contributed by atoms with van der Waals surface area (Å²) in [6.45, 7) is 6.21. The van der Waals surface area contributed by atoms with Crippen LogP contribution in [0.2, 0.25) is 6.04 Å². The second kappa shape index (κ2) is 9.35. The van der Waals surface area contributed by atoms with Gasteiger partial charge in [0.2, 0.25) is 0 Å². The Morgan fingerprint density at radius 1 is 1.29 bits per heavy atom. The highest BCUT2D eigenvalue weighted by molar-refractivity contribution is 6.60. The van der Waals surface area contributed by atoms with Crippen molar-refractivity contribution in [2.45, 2.75) is 25.8 Å². The molecule has 0 heterocycles. The van der Waals surface area contributed by atoms with Gasteiger partial charge in [-0.2, -0.15) is 0 Å². The highest BCUT2D eigenvalue weighted by Crippen LogP contribution is 2.14. The van der Waals surface area contributed by atoms with Crippen LogP contribution in [0.5, 0.6) is 0 Å². The molecule has 100 valence electrons. The molecule has 0 radical (unpaired) electrons. The van der Waals surface area contributed by atoms with E-state index in [9.17, 15) is 4.79 Å². The minimum atomic E-state index is -2.67. The zero-order chi connectivity index (χ0) is 13.1.